The van der Waals surface area contributed by atoms with Crippen LogP contribution in [0.2, 0.25) is 5.02 Å². The van der Waals surface area contributed by atoms with Crippen LogP contribution in [-0.4, -0.2) is 13.1 Å². The van der Waals surface area contributed by atoms with Gasteiger partial charge < -0.3 is 4.90 Å². The maximum Gasteiger partial charge on any atom is 0.161 e. The van der Waals surface area contributed by atoms with Crippen LogP contribution < -0.4 is 10.0 Å². The van der Waals surface area contributed by atoms with Gasteiger partial charge in [0.25, 0.3) is 0 Å². The van der Waals surface area contributed by atoms with E-state index in [1.165, 1.54) is 6.07 Å². The second kappa shape index (κ2) is 4.77. The van der Waals surface area contributed by atoms with Crippen LogP contribution >= 0.6 is 23.5 Å². The van der Waals surface area contributed by atoms with Crippen LogP contribution in [0, 0.1) is 11.6 Å². The molecule has 1 fully saturated rings. The molecule has 88 valence electrons. The van der Waals surface area contributed by atoms with Crippen molar-refractivity contribution in [3.63, 3.8) is 0 Å². The molecule has 0 atom stereocenters. The first-order valence-electron chi connectivity index (χ1n) is 4.94. The Kier molecular flexibility index (Phi) is 3.56. The van der Waals surface area contributed by atoms with Crippen LogP contribution in [0.1, 0.15) is 12.8 Å². The molecule has 6 heteroatoms. The molecule has 0 saturated carbocycles. The minimum absolute atomic E-state index is 0.0451. The molecule has 1 aromatic carbocycles. The lowest BCUT2D eigenvalue weighted by molar-refractivity contribution is 0.540. The molecule has 0 unspecified atom stereocenters. The minimum Gasteiger partial charge on any atom is -0.370 e. The smallest absolute Gasteiger partial charge is 0.161 e. The molecule has 16 heavy (non-hydrogen) atoms. The van der Waals surface area contributed by atoms with E-state index in [4.69, 9.17) is 16.7 Å². The van der Waals surface area contributed by atoms with Gasteiger partial charge in [-0.05, 0) is 24.8 Å². The largest absolute Gasteiger partial charge is 0.370 e. The zero-order chi connectivity index (χ0) is 11.7. The lowest BCUT2D eigenvalue weighted by Gasteiger charge is -2.20. The predicted octanol–water partition coefficient (Wildman–Crippen LogP) is 3.18. The van der Waals surface area contributed by atoms with E-state index in [-0.39, 0.29) is 9.92 Å². The second-order valence-corrected chi connectivity index (χ2v) is 4.67. The van der Waals surface area contributed by atoms with Crippen LogP contribution in [0.5, 0.6) is 0 Å². The van der Waals surface area contributed by atoms with Crippen molar-refractivity contribution in [1.82, 2.24) is 0 Å². The van der Waals surface area contributed by atoms with E-state index < -0.39 is 11.6 Å². The number of hydrogen-bond acceptors (Lipinski definition) is 3. The molecule has 1 aliphatic rings. The Bertz CT molecular complexity index is 408. The molecule has 0 bridgehead atoms. The lowest BCUT2D eigenvalue weighted by Crippen LogP contribution is -2.19. The summed E-state index contributed by atoms with van der Waals surface area (Å²) >= 11 is 6.41. The summed E-state index contributed by atoms with van der Waals surface area (Å²) in [5.41, 5.74) is 0.423. The molecule has 0 aliphatic carbocycles. The van der Waals surface area contributed by atoms with Crippen molar-refractivity contribution in [1.29, 1.82) is 0 Å². The highest BCUT2D eigenvalue weighted by molar-refractivity contribution is 7.97. The van der Waals surface area contributed by atoms with E-state index in [1.54, 1.807) is 0 Å². The van der Waals surface area contributed by atoms with Gasteiger partial charge in [0.1, 0.15) is 10.8 Å². The molecule has 2 rings (SSSR count). The highest BCUT2D eigenvalue weighted by Crippen LogP contribution is 2.36. The molecule has 1 saturated heterocycles. The number of rotatable bonds is 2. The SMILES string of the molecule is NSc1c(F)cc(N2CCCC2)c(Cl)c1F. The first-order valence-corrected chi connectivity index (χ1v) is 6.20. The van der Waals surface area contributed by atoms with Gasteiger partial charge in [-0.2, -0.15) is 0 Å². The molecule has 2 N–H and O–H groups in total. The number of halogens is 3. The standard InChI is InChI=1S/C10H11ClF2N2S/c11-8-7(15-3-1-2-4-15)5-6(12)10(16-14)9(8)13/h5H,1-4,14H2. The van der Waals surface area contributed by atoms with Gasteiger partial charge in [-0.25, -0.2) is 8.78 Å². The number of nitrogens with two attached hydrogens (primary N) is 1. The third-order valence-corrected chi connectivity index (χ3v) is 3.63. The van der Waals surface area contributed by atoms with Crippen LogP contribution in [0.25, 0.3) is 0 Å². The van der Waals surface area contributed by atoms with E-state index in [0.717, 1.165) is 25.9 Å². The quantitative estimate of drug-likeness (QED) is 0.657. The molecule has 2 nitrogen and oxygen atoms in total. The van der Waals surface area contributed by atoms with Gasteiger partial charge in [-0.1, -0.05) is 11.6 Å². The monoisotopic (exact) mass is 264 g/mol. The summed E-state index contributed by atoms with van der Waals surface area (Å²) in [4.78, 5) is 1.66. The maximum absolute atomic E-state index is 13.7. The fourth-order valence-corrected chi connectivity index (χ4v) is 2.56. The zero-order valence-electron chi connectivity index (χ0n) is 8.47. The van der Waals surface area contributed by atoms with Gasteiger partial charge >= 0.3 is 0 Å². The topological polar surface area (TPSA) is 29.3 Å². The average molecular weight is 265 g/mol. The third kappa shape index (κ3) is 1.99. The van der Waals surface area contributed by atoms with Crippen LogP contribution in [0.15, 0.2) is 11.0 Å². The van der Waals surface area contributed by atoms with Crippen molar-refractivity contribution in [2.75, 3.05) is 18.0 Å². The van der Waals surface area contributed by atoms with E-state index in [1.807, 2.05) is 4.90 Å². The Morgan fingerprint density at radius 1 is 1.31 bits per heavy atom. The van der Waals surface area contributed by atoms with Crippen molar-refractivity contribution in [2.24, 2.45) is 5.14 Å². The first kappa shape index (κ1) is 12.0. The molecule has 1 aliphatic heterocycles. The summed E-state index contributed by atoms with van der Waals surface area (Å²) in [6, 6.07) is 1.26. The molecule has 0 radical (unpaired) electrons. The van der Waals surface area contributed by atoms with Crippen molar-refractivity contribution in [2.45, 2.75) is 17.7 Å². The number of nitrogens with zero attached hydrogens (tertiary/aromatic N) is 1. The Balaban J connectivity index is 2.46. The van der Waals surface area contributed by atoms with Gasteiger partial charge in [0.2, 0.25) is 0 Å². The van der Waals surface area contributed by atoms with Crippen LogP contribution in [0.3, 0.4) is 0 Å². The summed E-state index contributed by atoms with van der Waals surface area (Å²) in [5.74, 6) is -1.42. The van der Waals surface area contributed by atoms with Crippen molar-refractivity contribution in [3.8, 4) is 0 Å². The lowest BCUT2D eigenvalue weighted by atomic mass is 10.2. The summed E-state index contributed by atoms with van der Waals surface area (Å²) in [5, 5.41) is 5.14. The van der Waals surface area contributed by atoms with Crippen molar-refractivity contribution >= 4 is 29.2 Å². The van der Waals surface area contributed by atoms with E-state index in [9.17, 15) is 8.78 Å². The number of anilines is 1. The molecule has 0 aromatic heterocycles. The molecule has 0 spiro atoms. The first-order chi connectivity index (χ1) is 7.65. The predicted molar refractivity (Wildman–Crippen MR) is 62.9 cm³/mol. The Labute approximate surface area is 102 Å². The van der Waals surface area contributed by atoms with Gasteiger partial charge in [-0.3, -0.25) is 5.14 Å². The highest BCUT2D eigenvalue weighted by Gasteiger charge is 2.22. The summed E-state index contributed by atoms with van der Waals surface area (Å²) < 4.78 is 27.2. The van der Waals surface area contributed by atoms with E-state index >= 15 is 0 Å². The minimum atomic E-state index is -0.768. The van der Waals surface area contributed by atoms with E-state index in [0.29, 0.717) is 17.6 Å². The van der Waals surface area contributed by atoms with Crippen LogP contribution in [0.4, 0.5) is 14.5 Å². The number of hydrogen-bond donors (Lipinski definition) is 1. The molecule has 1 aromatic rings. The highest BCUT2D eigenvalue weighted by atomic mass is 35.5. The van der Waals surface area contributed by atoms with Crippen molar-refractivity contribution < 1.29 is 8.78 Å². The van der Waals surface area contributed by atoms with Gasteiger partial charge in [0, 0.05) is 19.2 Å². The zero-order valence-corrected chi connectivity index (χ0v) is 10.0. The molecular weight excluding hydrogens is 254 g/mol. The van der Waals surface area contributed by atoms with Gasteiger partial charge in [0.15, 0.2) is 5.82 Å². The maximum atomic E-state index is 13.7. The molecule has 1 heterocycles. The molecular formula is C10H11ClF2N2S. The van der Waals surface area contributed by atoms with Crippen molar-refractivity contribution in [3.05, 3.63) is 22.7 Å². The summed E-state index contributed by atoms with van der Waals surface area (Å²) in [7, 11) is 0. The average Bonchev–Trinajstić information content (AvgIpc) is 2.77. The fourth-order valence-electron chi connectivity index (χ4n) is 1.86. The fraction of sp³-hybridized carbons (Fsp3) is 0.400. The molecule has 0 amide bonds. The second-order valence-electron chi connectivity index (χ2n) is 3.65. The van der Waals surface area contributed by atoms with Gasteiger partial charge in [0.05, 0.1) is 10.6 Å². The van der Waals surface area contributed by atoms with Gasteiger partial charge in [-0.15, -0.1) is 0 Å². The summed E-state index contributed by atoms with van der Waals surface area (Å²) in [6.07, 6.45) is 2.04. The Morgan fingerprint density at radius 2 is 1.94 bits per heavy atom. The third-order valence-electron chi connectivity index (χ3n) is 2.66. The normalized spacial score (nSPS) is 15.9. The Morgan fingerprint density at radius 3 is 2.50 bits per heavy atom. The van der Waals surface area contributed by atoms with E-state index in [2.05, 4.69) is 0 Å². The number of benzene rings is 1. The summed E-state index contributed by atoms with van der Waals surface area (Å²) in [6.45, 7) is 1.57. The van der Waals surface area contributed by atoms with Crippen LogP contribution in [-0.2, 0) is 0 Å². The Hall–Kier alpha value is -0.520.